The highest BCUT2D eigenvalue weighted by Crippen LogP contribution is 2.29. The Labute approximate surface area is 104 Å². The Kier molecular flexibility index (Phi) is 3.82. The van der Waals surface area contributed by atoms with Crippen LogP contribution in [0.5, 0.6) is 11.5 Å². The van der Waals surface area contributed by atoms with Gasteiger partial charge >= 0.3 is 0 Å². The standard InChI is InChI=1S/C12H14N2O2S/c1-15-9-3-4-12(16-2)11(5-9)14-7-10-6-13-8-17-10/h3-6,8,14H,7H2,1-2H3. The molecule has 17 heavy (non-hydrogen) atoms. The smallest absolute Gasteiger partial charge is 0.142 e. The van der Waals surface area contributed by atoms with Crippen molar-refractivity contribution < 1.29 is 9.47 Å². The summed E-state index contributed by atoms with van der Waals surface area (Å²) in [6, 6.07) is 5.67. The Morgan fingerprint density at radius 1 is 1.29 bits per heavy atom. The zero-order chi connectivity index (χ0) is 12.1. The topological polar surface area (TPSA) is 43.4 Å². The van der Waals surface area contributed by atoms with Gasteiger partial charge in [-0.2, -0.15) is 0 Å². The Balaban J connectivity index is 2.12. The predicted molar refractivity (Wildman–Crippen MR) is 69.0 cm³/mol. The predicted octanol–water partition coefficient (Wildman–Crippen LogP) is 2.77. The van der Waals surface area contributed by atoms with E-state index in [1.165, 1.54) is 4.88 Å². The largest absolute Gasteiger partial charge is 0.497 e. The van der Waals surface area contributed by atoms with Crippen LogP contribution in [0, 0.1) is 0 Å². The highest BCUT2D eigenvalue weighted by atomic mass is 32.1. The molecule has 0 unspecified atom stereocenters. The molecule has 2 rings (SSSR count). The van der Waals surface area contributed by atoms with Crippen LogP contribution in [0.15, 0.2) is 29.9 Å². The van der Waals surface area contributed by atoms with Crippen molar-refractivity contribution in [2.45, 2.75) is 6.54 Å². The van der Waals surface area contributed by atoms with E-state index in [0.717, 1.165) is 23.7 Å². The minimum atomic E-state index is 0.730. The third-order valence-electron chi connectivity index (χ3n) is 2.34. The minimum Gasteiger partial charge on any atom is -0.497 e. The molecule has 0 saturated heterocycles. The lowest BCUT2D eigenvalue weighted by Crippen LogP contribution is -2.00. The first-order valence-electron chi connectivity index (χ1n) is 5.16. The van der Waals surface area contributed by atoms with Crippen LogP contribution in [0.3, 0.4) is 0 Å². The van der Waals surface area contributed by atoms with Gasteiger partial charge in [-0.1, -0.05) is 0 Å². The van der Waals surface area contributed by atoms with Crippen molar-refractivity contribution in [2.24, 2.45) is 0 Å². The van der Waals surface area contributed by atoms with Crippen molar-refractivity contribution in [2.75, 3.05) is 19.5 Å². The van der Waals surface area contributed by atoms with Gasteiger partial charge in [0.2, 0.25) is 0 Å². The van der Waals surface area contributed by atoms with Crippen molar-refractivity contribution in [1.29, 1.82) is 0 Å². The normalized spacial score (nSPS) is 10.0. The fraction of sp³-hybridized carbons (Fsp3) is 0.250. The van der Waals surface area contributed by atoms with Gasteiger partial charge in [-0.15, -0.1) is 11.3 Å². The van der Waals surface area contributed by atoms with Gasteiger partial charge in [-0.3, -0.25) is 4.98 Å². The zero-order valence-corrected chi connectivity index (χ0v) is 10.6. The number of benzene rings is 1. The molecule has 0 fully saturated rings. The van der Waals surface area contributed by atoms with E-state index in [2.05, 4.69) is 10.3 Å². The molecule has 1 heterocycles. The van der Waals surface area contributed by atoms with E-state index in [4.69, 9.17) is 9.47 Å². The summed E-state index contributed by atoms with van der Waals surface area (Å²) in [4.78, 5) is 5.21. The van der Waals surface area contributed by atoms with Crippen LogP contribution < -0.4 is 14.8 Å². The van der Waals surface area contributed by atoms with Crippen molar-refractivity contribution in [1.82, 2.24) is 4.98 Å². The van der Waals surface area contributed by atoms with Gasteiger partial charge in [0.05, 0.1) is 32.0 Å². The Morgan fingerprint density at radius 3 is 2.82 bits per heavy atom. The highest BCUT2D eigenvalue weighted by molar-refractivity contribution is 7.09. The first kappa shape index (κ1) is 11.7. The molecule has 0 atom stereocenters. The van der Waals surface area contributed by atoms with Crippen LogP contribution in [-0.2, 0) is 6.54 Å². The van der Waals surface area contributed by atoms with Crippen LogP contribution in [0.1, 0.15) is 4.88 Å². The Morgan fingerprint density at radius 2 is 2.18 bits per heavy atom. The summed E-state index contributed by atoms with van der Waals surface area (Å²) in [7, 11) is 3.30. The number of aromatic nitrogens is 1. The number of nitrogens with zero attached hydrogens (tertiary/aromatic N) is 1. The lowest BCUT2D eigenvalue weighted by molar-refractivity contribution is 0.404. The number of hydrogen-bond acceptors (Lipinski definition) is 5. The monoisotopic (exact) mass is 250 g/mol. The number of thiazole rings is 1. The molecule has 4 nitrogen and oxygen atoms in total. The molecule has 1 N–H and O–H groups in total. The Hall–Kier alpha value is -1.75. The molecule has 0 bridgehead atoms. The maximum absolute atomic E-state index is 5.28. The first-order valence-corrected chi connectivity index (χ1v) is 6.04. The quantitative estimate of drug-likeness (QED) is 0.886. The molecular weight excluding hydrogens is 236 g/mol. The van der Waals surface area contributed by atoms with E-state index in [0.29, 0.717) is 0 Å². The molecule has 0 amide bonds. The fourth-order valence-electron chi connectivity index (χ4n) is 1.46. The van der Waals surface area contributed by atoms with E-state index in [1.807, 2.05) is 29.9 Å². The van der Waals surface area contributed by atoms with Crippen molar-refractivity contribution in [3.63, 3.8) is 0 Å². The van der Waals surface area contributed by atoms with Crippen LogP contribution in [-0.4, -0.2) is 19.2 Å². The van der Waals surface area contributed by atoms with Gasteiger partial charge in [0, 0.05) is 17.1 Å². The van der Waals surface area contributed by atoms with Gasteiger partial charge in [0.15, 0.2) is 0 Å². The van der Waals surface area contributed by atoms with Crippen LogP contribution in [0.25, 0.3) is 0 Å². The average molecular weight is 250 g/mol. The van der Waals surface area contributed by atoms with Gasteiger partial charge in [-0.25, -0.2) is 0 Å². The molecule has 0 aliphatic carbocycles. The van der Waals surface area contributed by atoms with Crippen molar-refractivity contribution in [3.8, 4) is 11.5 Å². The number of anilines is 1. The van der Waals surface area contributed by atoms with Gasteiger partial charge < -0.3 is 14.8 Å². The molecule has 0 radical (unpaired) electrons. The second-order valence-electron chi connectivity index (χ2n) is 3.39. The zero-order valence-electron chi connectivity index (χ0n) is 9.77. The third kappa shape index (κ3) is 2.88. The molecule has 1 aromatic heterocycles. The summed E-state index contributed by atoms with van der Waals surface area (Å²) < 4.78 is 10.5. The third-order valence-corrected chi connectivity index (χ3v) is 3.12. The SMILES string of the molecule is COc1ccc(OC)c(NCc2cncs2)c1. The second-order valence-corrected chi connectivity index (χ2v) is 4.36. The second kappa shape index (κ2) is 5.54. The molecule has 5 heteroatoms. The molecule has 1 aromatic carbocycles. The summed E-state index contributed by atoms with van der Waals surface area (Å²) in [6.07, 6.45) is 1.85. The lowest BCUT2D eigenvalue weighted by Gasteiger charge is -2.11. The van der Waals surface area contributed by atoms with E-state index in [9.17, 15) is 0 Å². The van der Waals surface area contributed by atoms with Crippen LogP contribution >= 0.6 is 11.3 Å². The molecule has 90 valence electrons. The molecule has 0 aliphatic rings. The summed E-state index contributed by atoms with van der Waals surface area (Å²) in [6.45, 7) is 0.730. The van der Waals surface area contributed by atoms with Gasteiger partial charge in [0.1, 0.15) is 11.5 Å². The number of nitrogens with one attached hydrogen (secondary N) is 1. The van der Waals surface area contributed by atoms with Gasteiger partial charge in [-0.05, 0) is 12.1 Å². The first-order chi connectivity index (χ1) is 8.33. The maximum Gasteiger partial charge on any atom is 0.142 e. The lowest BCUT2D eigenvalue weighted by atomic mass is 10.2. The van der Waals surface area contributed by atoms with Crippen molar-refractivity contribution in [3.05, 3.63) is 34.8 Å². The number of hydrogen-bond donors (Lipinski definition) is 1. The van der Waals surface area contributed by atoms with Crippen LogP contribution in [0.2, 0.25) is 0 Å². The minimum absolute atomic E-state index is 0.730. The Bertz CT molecular complexity index is 471. The molecule has 0 aliphatic heterocycles. The van der Waals surface area contributed by atoms with E-state index in [1.54, 1.807) is 25.6 Å². The summed E-state index contributed by atoms with van der Waals surface area (Å²) in [5, 5.41) is 3.31. The van der Waals surface area contributed by atoms with E-state index < -0.39 is 0 Å². The number of methoxy groups -OCH3 is 2. The summed E-state index contributed by atoms with van der Waals surface area (Å²) in [5.41, 5.74) is 2.74. The fourth-order valence-corrected chi connectivity index (χ4v) is 2.00. The molecule has 0 spiro atoms. The molecule has 2 aromatic rings. The van der Waals surface area contributed by atoms with Crippen LogP contribution in [0.4, 0.5) is 5.69 Å². The summed E-state index contributed by atoms with van der Waals surface area (Å²) >= 11 is 1.62. The highest BCUT2D eigenvalue weighted by Gasteiger charge is 2.05. The van der Waals surface area contributed by atoms with Crippen molar-refractivity contribution >= 4 is 17.0 Å². The maximum atomic E-state index is 5.28. The molecule has 0 saturated carbocycles. The number of ether oxygens (including phenoxy) is 2. The summed E-state index contributed by atoms with van der Waals surface area (Å²) in [5.74, 6) is 1.60. The molecular formula is C12H14N2O2S. The van der Waals surface area contributed by atoms with Gasteiger partial charge in [0.25, 0.3) is 0 Å². The number of rotatable bonds is 5. The van der Waals surface area contributed by atoms with E-state index in [-0.39, 0.29) is 0 Å². The average Bonchev–Trinajstić information content (AvgIpc) is 2.89. The van der Waals surface area contributed by atoms with E-state index >= 15 is 0 Å².